The van der Waals surface area contributed by atoms with Crippen molar-refractivity contribution in [2.24, 2.45) is 5.92 Å². The Kier molecular flexibility index (Phi) is 5.41. The molecule has 1 saturated carbocycles. The predicted octanol–water partition coefficient (Wildman–Crippen LogP) is 5.35. The lowest BCUT2D eigenvalue weighted by molar-refractivity contribution is 0.0337. The van der Waals surface area contributed by atoms with E-state index in [2.05, 4.69) is 20.1 Å². The number of para-hydroxylation sites is 1. The van der Waals surface area contributed by atoms with E-state index in [0.29, 0.717) is 51.6 Å². The summed E-state index contributed by atoms with van der Waals surface area (Å²) < 4.78 is 11.5. The van der Waals surface area contributed by atoms with Crippen molar-refractivity contribution in [2.75, 3.05) is 18.5 Å². The second-order valence-corrected chi connectivity index (χ2v) is 9.47. The second-order valence-electron chi connectivity index (χ2n) is 9.07. The molecule has 8 nitrogen and oxygen atoms in total. The number of carbonyl (C=O) groups excluding carboxylic acids is 1. The number of benzene rings is 2. The molecule has 1 aliphatic carbocycles. The molecule has 3 N–H and O–H groups in total. The van der Waals surface area contributed by atoms with Crippen molar-refractivity contribution in [3.63, 3.8) is 0 Å². The summed E-state index contributed by atoms with van der Waals surface area (Å²) >= 11 is 6.52. The Labute approximate surface area is 211 Å². The van der Waals surface area contributed by atoms with Gasteiger partial charge in [-0.3, -0.25) is 4.79 Å². The van der Waals surface area contributed by atoms with Crippen LogP contribution in [-0.4, -0.2) is 45.7 Å². The van der Waals surface area contributed by atoms with E-state index in [1.807, 2.05) is 30.3 Å². The minimum Gasteiger partial charge on any atom is -0.457 e. The van der Waals surface area contributed by atoms with Gasteiger partial charge in [0.2, 0.25) is 5.69 Å². The number of aromatic amines is 1. The summed E-state index contributed by atoms with van der Waals surface area (Å²) in [5.41, 5.74) is 1.62. The molecule has 36 heavy (non-hydrogen) atoms. The molecule has 2 fully saturated rings. The number of hydrogen-bond donors (Lipinski definition) is 3. The monoisotopic (exact) mass is 500 g/mol. The van der Waals surface area contributed by atoms with Crippen molar-refractivity contribution in [3.05, 3.63) is 88.5 Å². The number of ether oxygens (including phenoxy) is 2. The van der Waals surface area contributed by atoms with Crippen LogP contribution >= 0.6 is 11.6 Å². The first-order valence-electron chi connectivity index (χ1n) is 11.5. The summed E-state index contributed by atoms with van der Waals surface area (Å²) in [6.45, 7) is 8.05. The van der Waals surface area contributed by atoms with Gasteiger partial charge in [-0.25, -0.2) is 9.83 Å². The number of aromatic nitrogens is 2. The first kappa shape index (κ1) is 22.6. The zero-order valence-corrected chi connectivity index (χ0v) is 19.7. The lowest BCUT2D eigenvalue weighted by Gasteiger charge is -2.18. The molecule has 2 aromatic heterocycles. The number of carbonyl (C=O) groups is 1. The van der Waals surface area contributed by atoms with Crippen molar-refractivity contribution < 1.29 is 19.4 Å². The molecule has 2 aliphatic rings. The topological polar surface area (TPSA) is 101 Å². The van der Waals surface area contributed by atoms with Gasteiger partial charge in [0.05, 0.1) is 47.7 Å². The number of halogens is 1. The maximum Gasteiger partial charge on any atom is 0.228 e. The molecule has 9 heteroatoms. The zero-order valence-electron chi connectivity index (χ0n) is 19.0. The molecule has 0 amide bonds. The molecule has 180 valence electrons. The molecule has 3 heterocycles. The molecule has 0 spiro atoms. The van der Waals surface area contributed by atoms with Crippen LogP contribution in [-0.2, 0) is 4.74 Å². The first-order valence-corrected chi connectivity index (χ1v) is 11.9. The van der Waals surface area contributed by atoms with Gasteiger partial charge in [-0.05, 0) is 30.7 Å². The quantitative estimate of drug-likeness (QED) is 0.233. The number of ketones is 1. The Hall–Kier alpha value is -3.90. The van der Waals surface area contributed by atoms with Crippen LogP contribution in [0.4, 0.5) is 11.4 Å². The summed E-state index contributed by atoms with van der Waals surface area (Å²) in [5.74, 6) is 1.02. The third-order valence-electron chi connectivity index (χ3n) is 6.90. The van der Waals surface area contributed by atoms with Gasteiger partial charge in [-0.1, -0.05) is 29.8 Å². The first-order chi connectivity index (χ1) is 17.5. The van der Waals surface area contributed by atoms with Crippen molar-refractivity contribution in [3.8, 4) is 11.5 Å². The van der Waals surface area contributed by atoms with Crippen LogP contribution < -0.4 is 10.1 Å². The molecule has 1 saturated heterocycles. The molecule has 1 aliphatic heterocycles. The maximum atomic E-state index is 13.7. The third-order valence-corrected chi connectivity index (χ3v) is 7.21. The largest absolute Gasteiger partial charge is 0.457 e. The Balaban J connectivity index is 1.36. The number of nitrogens with one attached hydrogen (secondary N) is 2. The Bertz CT molecular complexity index is 1530. The van der Waals surface area contributed by atoms with Gasteiger partial charge < -0.3 is 24.9 Å². The SMILES string of the molecule is [C-]#[N+]c1cnc2[nH]cc(C(=O)c3ccc(Oc4ccccc4)cc3Cl)c2c1N[C@@]12COC(CO)[C@@H]1C2. The van der Waals surface area contributed by atoms with E-state index in [9.17, 15) is 9.90 Å². The molecule has 6 rings (SSSR count). The fourth-order valence-electron chi connectivity index (χ4n) is 4.96. The van der Waals surface area contributed by atoms with E-state index < -0.39 is 0 Å². The number of pyridine rings is 1. The number of aliphatic hydroxyl groups is 1. The van der Waals surface area contributed by atoms with E-state index in [1.54, 1.807) is 24.4 Å². The van der Waals surface area contributed by atoms with Crippen LogP contribution in [0.2, 0.25) is 5.02 Å². The lowest BCUT2D eigenvalue weighted by atomic mass is 10.0. The van der Waals surface area contributed by atoms with Gasteiger partial charge in [-0.15, -0.1) is 0 Å². The molecule has 1 unspecified atom stereocenters. The van der Waals surface area contributed by atoms with Crippen LogP contribution in [0.3, 0.4) is 0 Å². The average Bonchev–Trinajstić information content (AvgIpc) is 3.25. The summed E-state index contributed by atoms with van der Waals surface area (Å²) in [4.78, 5) is 24.7. The second kappa shape index (κ2) is 8.64. The zero-order chi connectivity index (χ0) is 24.9. The summed E-state index contributed by atoms with van der Waals surface area (Å²) in [6.07, 6.45) is 3.67. The van der Waals surface area contributed by atoms with E-state index >= 15 is 0 Å². The van der Waals surface area contributed by atoms with Crippen LogP contribution in [0.1, 0.15) is 22.3 Å². The highest BCUT2D eigenvalue weighted by Gasteiger charge is 2.63. The fourth-order valence-corrected chi connectivity index (χ4v) is 5.21. The Morgan fingerprint density at radius 3 is 2.81 bits per heavy atom. The number of fused-ring (bicyclic) bond motifs is 2. The molecule has 0 bridgehead atoms. The normalized spacial score (nSPS) is 22.1. The van der Waals surface area contributed by atoms with E-state index in [-0.39, 0.29) is 35.0 Å². The Morgan fingerprint density at radius 1 is 1.28 bits per heavy atom. The number of hydrogen-bond acceptors (Lipinski definition) is 6. The third kappa shape index (κ3) is 3.69. The number of H-pyrrole nitrogens is 1. The highest BCUT2D eigenvalue weighted by atomic mass is 35.5. The van der Waals surface area contributed by atoms with Gasteiger partial charge in [0.1, 0.15) is 17.1 Å². The van der Waals surface area contributed by atoms with Crippen molar-refractivity contribution in [1.82, 2.24) is 9.97 Å². The molecule has 4 aromatic rings. The molecule has 2 aromatic carbocycles. The van der Waals surface area contributed by atoms with Crippen LogP contribution in [0.25, 0.3) is 15.9 Å². The molecule has 0 radical (unpaired) electrons. The number of rotatable bonds is 7. The van der Waals surface area contributed by atoms with Crippen LogP contribution in [0, 0.1) is 12.5 Å². The minimum absolute atomic E-state index is 0.0497. The molecular weight excluding hydrogens is 480 g/mol. The smallest absolute Gasteiger partial charge is 0.228 e. The molecular formula is C27H21ClN4O4. The van der Waals surface area contributed by atoms with E-state index in [0.717, 1.165) is 6.42 Å². The number of nitrogens with zero attached hydrogens (tertiary/aromatic N) is 2. The average molecular weight is 501 g/mol. The van der Waals surface area contributed by atoms with Crippen molar-refractivity contribution >= 4 is 39.8 Å². The van der Waals surface area contributed by atoms with Gasteiger partial charge in [0, 0.05) is 35.3 Å². The summed E-state index contributed by atoms with van der Waals surface area (Å²) in [5, 5.41) is 13.8. The minimum atomic E-state index is -0.368. The van der Waals surface area contributed by atoms with Crippen LogP contribution in [0.5, 0.6) is 11.5 Å². The van der Waals surface area contributed by atoms with Gasteiger partial charge in [0.25, 0.3) is 0 Å². The van der Waals surface area contributed by atoms with Crippen molar-refractivity contribution in [1.29, 1.82) is 0 Å². The van der Waals surface area contributed by atoms with E-state index in [4.69, 9.17) is 27.6 Å². The standard InChI is InChI=1S/C27H21ClN4O4/c1-29-21-12-31-26-23(24(21)32-27-10-19(27)22(13-33)35-14-27)18(11-30-26)25(34)17-8-7-16(9-20(17)28)36-15-5-3-2-4-6-15/h2-9,11-12,19,22,33H,10,13-14H2,(H2,30,31,32)/t19-,22?,27-/m0/s1. The predicted molar refractivity (Wildman–Crippen MR) is 135 cm³/mol. The maximum absolute atomic E-state index is 13.7. The summed E-state index contributed by atoms with van der Waals surface area (Å²) in [7, 11) is 0. The van der Waals surface area contributed by atoms with Gasteiger partial charge >= 0.3 is 0 Å². The summed E-state index contributed by atoms with van der Waals surface area (Å²) in [6, 6.07) is 14.2. The van der Waals surface area contributed by atoms with Crippen molar-refractivity contribution in [2.45, 2.75) is 18.1 Å². The van der Waals surface area contributed by atoms with Crippen LogP contribution in [0.15, 0.2) is 60.9 Å². The highest BCUT2D eigenvalue weighted by Crippen LogP contribution is 2.55. The van der Waals surface area contributed by atoms with Gasteiger partial charge in [-0.2, -0.15) is 0 Å². The number of anilines is 1. The van der Waals surface area contributed by atoms with Gasteiger partial charge in [0.15, 0.2) is 5.78 Å². The Morgan fingerprint density at radius 2 is 2.11 bits per heavy atom. The fraction of sp³-hybridized carbons (Fsp3) is 0.222. The van der Waals surface area contributed by atoms with E-state index in [1.165, 1.54) is 6.20 Å². The molecule has 3 atom stereocenters. The lowest BCUT2D eigenvalue weighted by Crippen LogP contribution is -2.25. The highest BCUT2D eigenvalue weighted by molar-refractivity contribution is 6.36. The number of aliphatic hydroxyl groups excluding tert-OH is 1.